The summed E-state index contributed by atoms with van der Waals surface area (Å²) in [7, 11) is -3.37. The number of unbranched alkanes of at least 4 members (excludes halogenated alkanes) is 8. The number of rotatable bonds is 28. The van der Waals surface area contributed by atoms with Crippen molar-refractivity contribution in [3.8, 4) is 0 Å². The minimum Gasteiger partial charge on any atom is -0.347 e. The highest BCUT2D eigenvalue weighted by Gasteiger charge is 2.45. The molecule has 5 heteroatoms. The van der Waals surface area contributed by atoms with E-state index in [4.69, 9.17) is 17.7 Å². The molecule has 0 bridgehead atoms. The summed E-state index contributed by atoms with van der Waals surface area (Å²) < 4.78 is 24.8. The molecule has 0 amide bonds. The largest absolute Gasteiger partial charge is 0.680 e. The molecule has 0 aliphatic rings. The average molecular weight is 529 g/mol. The molecular formula is C32H52O4Si. The van der Waals surface area contributed by atoms with Crippen molar-refractivity contribution in [1.82, 2.24) is 0 Å². The molecule has 0 radical (unpaired) electrons. The van der Waals surface area contributed by atoms with Gasteiger partial charge in [-0.25, -0.2) is 0 Å². The molecule has 4 nitrogen and oxygen atoms in total. The number of hydrogen-bond acceptors (Lipinski definition) is 4. The highest BCUT2D eigenvalue weighted by Crippen LogP contribution is 2.14. The molecule has 0 rings (SSSR count). The zero-order valence-corrected chi connectivity index (χ0v) is 24.2. The van der Waals surface area contributed by atoms with Crippen molar-refractivity contribution in [2.24, 2.45) is 0 Å². The Bertz CT molecular complexity index is 561. The van der Waals surface area contributed by atoms with Crippen molar-refractivity contribution >= 4 is 9.05 Å². The van der Waals surface area contributed by atoms with E-state index in [0.717, 1.165) is 77.0 Å². The van der Waals surface area contributed by atoms with Crippen LogP contribution in [0.3, 0.4) is 0 Å². The number of hydrogen-bond donors (Lipinski definition) is 0. The predicted octanol–water partition coefficient (Wildman–Crippen LogP) is 9.14. The van der Waals surface area contributed by atoms with Crippen LogP contribution in [0.1, 0.15) is 77.0 Å². The van der Waals surface area contributed by atoms with E-state index in [2.05, 4.69) is 50.6 Å². The van der Waals surface area contributed by atoms with E-state index in [1.54, 1.807) is 0 Å². The first-order valence-corrected chi connectivity index (χ1v) is 15.5. The monoisotopic (exact) mass is 528 g/mol. The van der Waals surface area contributed by atoms with Crippen LogP contribution in [0.4, 0.5) is 0 Å². The van der Waals surface area contributed by atoms with Gasteiger partial charge in [0.05, 0.1) is 26.4 Å². The first kappa shape index (κ1) is 35.0. The van der Waals surface area contributed by atoms with Crippen LogP contribution in [0, 0.1) is 0 Å². The summed E-state index contributed by atoms with van der Waals surface area (Å²) in [6, 6.07) is 0. The molecule has 0 atom stereocenters. The topological polar surface area (TPSA) is 36.9 Å². The molecule has 0 fully saturated rings. The fourth-order valence-corrected chi connectivity index (χ4v) is 4.82. The summed E-state index contributed by atoms with van der Waals surface area (Å²) >= 11 is 0. The van der Waals surface area contributed by atoms with Crippen molar-refractivity contribution in [1.29, 1.82) is 0 Å². The van der Waals surface area contributed by atoms with Gasteiger partial charge in [-0.2, -0.15) is 0 Å². The lowest BCUT2D eigenvalue weighted by atomic mass is 10.2. The second-order valence-corrected chi connectivity index (χ2v) is 10.7. The van der Waals surface area contributed by atoms with E-state index >= 15 is 0 Å². The second-order valence-electron chi connectivity index (χ2n) is 8.51. The van der Waals surface area contributed by atoms with Gasteiger partial charge in [0.25, 0.3) is 0 Å². The Morgan fingerprint density at radius 3 is 0.811 bits per heavy atom. The van der Waals surface area contributed by atoms with Gasteiger partial charge in [0.1, 0.15) is 0 Å². The molecule has 0 heterocycles. The van der Waals surface area contributed by atoms with Gasteiger partial charge in [0.15, 0.2) is 0 Å². The van der Waals surface area contributed by atoms with E-state index in [-0.39, 0.29) is 0 Å². The standard InChI is InChI=1S/C32H52O4Si/c1-5-9-13-17-21-25-29-33-37(34-30-26-22-18-14-10-6-2,35-31-27-23-19-15-11-7-3)36-32-28-24-20-16-12-8-4/h5-8,21-28H,1-4,9-20,29-32H2. The smallest absolute Gasteiger partial charge is 0.347 e. The maximum Gasteiger partial charge on any atom is 0.680 e. The lowest BCUT2D eigenvalue weighted by Gasteiger charge is -2.26. The molecule has 0 saturated carbocycles. The van der Waals surface area contributed by atoms with Crippen LogP contribution in [0.2, 0.25) is 0 Å². The lowest BCUT2D eigenvalue weighted by molar-refractivity contribution is -0.0119. The SMILES string of the molecule is C=CCCCC=CCO[Si](OCC=CCCCC=C)(OCC=CCCCC=C)OCC=CCCCC=C. The molecule has 0 N–H and O–H groups in total. The Labute approximate surface area is 229 Å². The first-order chi connectivity index (χ1) is 18.2. The van der Waals surface area contributed by atoms with Crippen molar-refractivity contribution in [2.45, 2.75) is 77.0 Å². The van der Waals surface area contributed by atoms with Crippen LogP contribution >= 0.6 is 0 Å². The summed E-state index contributed by atoms with van der Waals surface area (Å²) in [6.45, 7) is 16.6. The second kappa shape index (κ2) is 28.5. The minimum absolute atomic E-state index is 0.384. The van der Waals surface area contributed by atoms with Crippen molar-refractivity contribution in [2.75, 3.05) is 26.4 Å². The third kappa shape index (κ3) is 24.1. The van der Waals surface area contributed by atoms with Crippen molar-refractivity contribution in [3.63, 3.8) is 0 Å². The van der Waals surface area contributed by atoms with Gasteiger partial charge >= 0.3 is 9.05 Å². The Hall–Kier alpha value is -2.02. The quantitative estimate of drug-likeness (QED) is 0.0576. The number of allylic oxidation sites excluding steroid dienone is 8. The van der Waals surface area contributed by atoms with Crippen LogP contribution in [0.15, 0.2) is 99.2 Å². The third-order valence-corrected chi connectivity index (χ3v) is 7.29. The zero-order chi connectivity index (χ0) is 27.1. The van der Waals surface area contributed by atoms with Gasteiger partial charge in [0, 0.05) is 0 Å². The predicted molar refractivity (Wildman–Crippen MR) is 162 cm³/mol. The van der Waals surface area contributed by atoms with Gasteiger partial charge < -0.3 is 17.7 Å². The molecule has 37 heavy (non-hydrogen) atoms. The Morgan fingerprint density at radius 2 is 0.595 bits per heavy atom. The summed E-state index contributed by atoms with van der Waals surface area (Å²) in [5, 5.41) is 0. The lowest BCUT2D eigenvalue weighted by Crippen LogP contribution is -2.49. The van der Waals surface area contributed by atoms with Crippen LogP contribution < -0.4 is 0 Å². The Morgan fingerprint density at radius 1 is 0.351 bits per heavy atom. The Balaban J connectivity index is 5.18. The van der Waals surface area contributed by atoms with E-state index in [0.29, 0.717) is 26.4 Å². The summed E-state index contributed by atoms with van der Waals surface area (Å²) in [5.41, 5.74) is 0. The van der Waals surface area contributed by atoms with Crippen LogP contribution in [0.5, 0.6) is 0 Å². The van der Waals surface area contributed by atoms with E-state index in [1.807, 2.05) is 48.6 Å². The zero-order valence-electron chi connectivity index (χ0n) is 23.2. The van der Waals surface area contributed by atoms with E-state index in [9.17, 15) is 0 Å². The molecule has 0 unspecified atom stereocenters. The summed E-state index contributed by atoms with van der Waals surface area (Å²) in [5.74, 6) is 0. The third-order valence-electron chi connectivity index (χ3n) is 5.21. The maximum absolute atomic E-state index is 6.20. The first-order valence-electron chi connectivity index (χ1n) is 13.8. The molecule has 208 valence electrons. The van der Waals surface area contributed by atoms with Crippen LogP contribution in [-0.2, 0) is 17.7 Å². The highest BCUT2D eigenvalue weighted by atomic mass is 28.4. The van der Waals surface area contributed by atoms with Crippen LogP contribution in [-0.4, -0.2) is 35.5 Å². The summed E-state index contributed by atoms with van der Waals surface area (Å²) in [4.78, 5) is 0. The van der Waals surface area contributed by atoms with Gasteiger partial charge in [0.2, 0.25) is 0 Å². The van der Waals surface area contributed by atoms with Gasteiger partial charge in [-0.15, -0.1) is 26.3 Å². The van der Waals surface area contributed by atoms with E-state index in [1.165, 1.54) is 0 Å². The summed E-state index contributed by atoms with van der Waals surface area (Å²) in [6.07, 6.45) is 36.6. The fraction of sp³-hybridized carbons (Fsp3) is 0.500. The maximum atomic E-state index is 6.20. The molecule has 0 spiro atoms. The van der Waals surface area contributed by atoms with E-state index < -0.39 is 9.05 Å². The highest BCUT2D eigenvalue weighted by molar-refractivity contribution is 6.53. The average Bonchev–Trinajstić information content (AvgIpc) is 2.91. The van der Waals surface area contributed by atoms with Crippen LogP contribution in [0.25, 0.3) is 0 Å². The Kier molecular flexibility index (Phi) is 27.0. The molecule has 0 aliphatic carbocycles. The van der Waals surface area contributed by atoms with Gasteiger partial charge in [-0.05, 0) is 77.0 Å². The normalized spacial score (nSPS) is 13.6. The van der Waals surface area contributed by atoms with Gasteiger partial charge in [-0.1, -0.05) is 72.9 Å². The molecule has 0 aromatic heterocycles. The van der Waals surface area contributed by atoms with Crippen molar-refractivity contribution in [3.05, 3.63) is 99.2 Å². The fourth-order valence-electron chi connectivity index (χ4n) is 3.11. The molecule has 0 aromatic carbocycles. The molecule has 0 aromatic rings. The van der Waals surface area contributed by atoms with Crippen molar-refractivity contribution < 1.29 is 17.7 Å². The molecular weight excluding hydrogens is 476 g/mol. The molecule has 0 saturated heterocycles. The minimum atomic E-state index is -3.37. The van der Waals surface area contributed by atoms with Gasteiger partial charge in [-0.3, -0.25) is 0 Å². The molecule has 0 aliphatic heterocycles.